The lowest BCUT2D eigenvalue weighted by Gasteiger charge is -2.25. The Morgan fingerprint density at radius 3 is 2.53 bits per heavy atom. The summed E-state index contributed by atoms with van der Waals surface area (Å²) in [5, 5.41) is 3.56. The van der Waals surface area contributed by atoms with Crippen LogP contribution in [-0.2, 0) is 6.54 Å². The molecule has 0 saturated carbocycles. The molecule has 0 unspecified atom stereocenters. The van der Waals surface area contributed by atoms with Crippen LogP contribution in [0.4, 0.5) is 17.1 Å². The molecule has 1 aliphatic rings. The van der Waals surface area contributed by atoms with E-state index in [0.717, 1.165) is 13.1 Å². The largest absolute Gasteiger partial charge is 0.379 e. The minimum absolute atomic E-state index is 0.892. The van der Waals surface area contributed by atoms with E-state index in [1.807, 2.05) is 0 Å². The van der Waals surface area contributed by atoms with Gasteiger partial charge in [0.1, 0.15) is 0 Å². The summed E-state index contributed by atoms with van der Waals surface area (Å²) in [5.41, 5.74) is 7.82. The van der Waals surface area contributed by atoms with Crippen LogP contribution in [0, 0.1) is 13.8 Å². The predicted molar refractivity (Wildman–Crippen MR) is 82.4 cm³/mol. The van der Waals surface area contributed by atoms with Crippen LogP contribution in [0.15, 0.2) is 36.4 Å². The second kappa shape index (κ2) is 4.61. The van der Waals surface area contributed by atoms with Crippen molar-refractivity contribution in [2.45, 2.75) is 27.3 Å². The fourth-order valence-corrected chi connectivity index (χ4v) is 2.79. The van der Waals surface area contributed by atoms with Gasteiger partial charge in [0.2, 0.25) is 0 Å². The van der Waals surface area contributed by atoms with Gasteiger partial charge in [-0.2, -0.15) is 0 Å². The van der Waals surface area contributed by atoms with E-state index in [-0.39, 0.29) is 0 Å². The van der Waals surface area contributed by atoms with Crippen molar-refractivity contribution in [3.63, 3.8) is 0 Å². The first kappa shape index (κ1) is 12.1. The third-order valence-corrected chi connectivity index (χ3v) is 3.76. The third-order valence-electron chi connectivity index (χ3n) is 3.76. The molecule has 2 nitrogen and oxygen atoms in total. The molecule has 0 spiro atoms. The molecule has 0 radical (unpaired) electrons. The molecule has 0 atom stereocenters. The molecular weight excluding hydrogens is 232 g/mol. The van der Waals surface area contributed by atoms with Crippen molar-refractivity contribution in [1.82, 2.24) is 0 Å². The second-order valence-corrected chi connectivity index (χ2v) is 5.25. The SMILES string of the molecule is CCN1c2ccc(C)cc2CNc2ccc(C)cc21. The van der Waals surface area contributed by atoms with E-state index in [0.29, 0.717) is 0 Å². The van der Waals surface area contributed by atoms with Crippen molar-refractivity contribution in [2.75, 3.05) is 16.8 Å². The Balaban J connectivity index is 2.19. The van der Waals surface area contributed by atoms with Crippen molar-refractivity contribution in [3.8, 4) is 0 Å². The van der Waals surface area contributed by atoms with E-state index in [1.54, 1.807) is 0 Å². The van der Waals surface area contributed by atoms with Gasteiger partial charge in [-0.3, -0.25) is 0 Å². The molecule has 0 aromatic heterocycles. The highest BCUT2D eigenvalue weighted by Crippen LogP contribution is 2.38. The molecule has 0 fully saturated rings. The average molecular weight is 252 g/mol. The van der Waals surface area contributed by atoms with Gasteiger partial charge in [0.15, 0.2) is 0 Å². The summed E-state index contributed by atoms with van der Waals surface area (Å²) >= 11 is 0. The maximum Gasteiger partial charge on any atom is 0.0649 e. The number of anilines is 3. The zero-order chi connectivity index (χ0) is 13.4. The van der Waals surface area contributed by atoms with Gasteiger partial charge >= 0.3 is 0 Å². The van der Waals surface area contributed by atoms with Crippen LogP contribution in [0.3, 0.4) is 0 Å². The van der Waals surface area contributed by atoms with Gasteiger partial charge in [0, 0.05) is 18.8 Å². The molecule has 0 bridgehead atoms. The number of rotatable bonds is 1. The number of fused-ring (bicyclic) bond motifs is 2. The number of hydrogen-bond donors (Lipinski definition) is 1. The summed E-state index contributed by atoms with van der Waals surface area (Å²) < 4.78 is 0. The standard InChI is InChI=1S/C17H20N2/c1-4-19-16-8-6-12(2)9-14(16)11-18-15-7-5-13(3)10-17(15)19/h5-10,18H,4,11H2,1-3H3. The van der Waals surface area contributed by atoms with Crippen LogP contribution in [-0.4, -0.2) is 6.54 Å². The molecule has 1 heterocycles. The monoisotopic (exact) mass is 252 g/mol. The summed E-state index contributed by atoms with van der Waals surface area (Å²) in [7, 11) is 0. The number of nitrogens with one attached hydrogen (secondary N) is 1. The lowest BCUT2D eigenvalue weighted by molar-refractivity contribution is 1.02. The lowest BCUT2D eigenvalue weighted by atomic mass is 10.1. The molecule has 0 saturated heterocycles. The van der Waals surface area contributed by atoms with E-state index < -0.39 is 0 Å². The molecule has 2 aromatic carbocycles. The Kier molecular flexibility index (Phi) is 2.94. The van der Waals surface area contributed by atoms with Gasteiger partial charge < -0.3 is 10.2 Å². The normalized spacial score (nSPS) is 13.3. The van der Waals surface area contributed by atoms with Gasteiger partial charge in [-0.05, 0) is 50.1 Å². The van der Waals surface area contributed by atoms with Gasteiger partial charge in [-0.25, -0.2) is 0 Å². The third kappa shape index (κ3) is 2.07. The van der Waals surface area contributed by atoms with E-state index in [9.17, 15) is 0 Å². The minimum atomic E-state index is 0.892. The molecule has 2 aromatic rings. The fourth-order valence-electron chi connectivity index (χ4n) is 2.79. The molecule has 0 amide bonds. The van der Waals surface area contributed by atoms with Crippen molar-refractivity contribution in [1.29, 1.82) is 0 Å². The van der Waals surface area contributed by atoms with E-state index in [4.69, 9.17) is 0 Å². The Hall–Kier alpha value is -1.96. The average Bonchev–Trinajstić information content (AvgIpc) is 2.54. The topological polar surface area (TPSA) is 15.3 Å². The van der Waals surface area contributed by atoms with Crippen LogP contribution in [0.5, 0.6) is 0 Å². The Morgan fingerprint density at radius 1 is 1.00 bits per heavy atom. The first-order valence-corrected chi connectivity index (χ1v) is 6.90. The summed E-state index contributed by atoms with van der Waals surface area (Å²) in [4.78, 5) is 2.40. The van der Waals surface area contributed by atoms with Crippen LogP contribution >= 0.6 is 0 Å². The highest BCUT2D eigenvalue weighted by Gasteiger charge is 2.19. The molecule has 98 valence electrons. The maximum absolute atomic E-state index is 3.56. The highest BCUT2D eigenvalue weighted by molar-refractivity contribution is 5.80. The fraction of sp³-hybridized carbons (Fsp3) is 0.294. The van der Waals surface area contributed by atoms with E-state index in [2.05, 4.69) is 67.4 Å². The first-order valence-electron chi connectivity index (χ1n) is 6.90. The molecule has 0 aliphatic carbocycles. The van der Waals surface area contributed by atoms with Crippen LogP contribution < -0.4 is 10.2 Å². The maximum atomic E-state index is 3.56. The Labute approximate surface area is 115 Å². The summed E-state index contributed by atoms with van der Waals surface area (Å²) in [5.74, 6) is 0. The number of benzene rings is 2. The van der Waals surface area contributed by atoms with Crippen molar-refractivity contribution in [3.05, 3.63) is 53.1 Å². The van der Waals surface area contributed by atoms with Crippen molar-refractivity contribution < 1.29 is 0 Å². The number of hydrogen-bond acceptors (Lipinski definition) is 2. The quantitative estimate of drug-likeness (QED) is 0.810. The molecule has 19 heavy (non-hydrogen) atoms. The molecular formula is C17H20N2. The predicted octanol–water partition coefficient (Wildman–Crippen LogP) is 4.39. The number of nitrogens with zero attached hydrogens (tertiary/aromatic N) is 1. The molecule has 3 rings (SSSR count). The lowest BCUT2D eigenvalue weighted by Crippen LogP contribution is -2.16. The minimum Gasteiger partial charge on any atom is -0.379 e. The molecule has 1 aliphatic heterocycles. The van der Waals surface area contributed by atoms with Crippen LogP contribution in [0.2, 0.25) is 0 Å². The van der Waals surface area contributed by atoms with Gasteiger partial charge in [-0.15, -0.1) is 0 Å². The smallest absolute Gasteiger partial charge is 0.0649 e. The zero-order valence-corrected chi connectivity index (χ0v) is 11.8. The Morgan fingerprint density at radius 2 is 1.74 bits per heavy atom. The van der Waals surface area contributed by atoms with Crippen LogP contribution in [0.25, 0.3) is 0 Å². The Bertz CT molecular complexity index is 617. The van der Waals surface area contributed by atoms with Gasteiger partial charge in [0.05, 0.1) is 11.4 Å². The first-order chi connectivity index (χ1) is 9.19. The van der Waals surface area contributed by atoms with Crippen molar-refractivity contribution in [2.24, 2.45) is 0 Å². The summed E-state index contributed by atoms with van der Waals surface area (Å²) in [6, 6.07) is 13.3. The molecule has 2 heteroatoms. The number of aryl methyl sites for hydroxylation is 2. The second-order valence-electron chi connectivity index (χ2n) is 5.25. The van der Waals surface area contributed by atoms with Crippen LogP contribution in [0.1, 0.15) is 23.6 Å². The summed E-state index contributed by atoms with van der Waals surface area (Å²) in [6.07, 6.45) is 0. The molecule has 1 N–H and O–H groups in total. The van der Waals surface area contributed by atoms with E-state index >= 15 is 0 Å². The van der Waals surface area contributed by atoms with Gasteiger partial charge in [0.25, 0.3) is 0 Å². The van der Waals surface area contributed by atoms with Crippen molar-refractivity contribution >= 4 is 17.1 Å². The highest BCUT2D eigenvalue weighted by atomic mass is 15.2. The van der Waals surface area contributed by atoms with E-state index in [1.165, 1.54) is 33.8 Å². The van der Waals surface area contributed by atoms with Gasteiger partial charge in [-0.1, -0.05) is 23.8 Å². The summed E-state index contributed by atoms with van der Waals surface area (Å²) in [6.45, 7) is 8.38. The zero-order valence-electron chi connectivity index (χ0n) is 11.8.